The van der Waals surface area contributed by atoms with E-state index in [9.17, 15) is 14.4 Å². The lowest BCUT2D eigenvalue weighted by Gasteiger charge is -2.32. The minimum Gasteiger partial charge on any atom is -0.384 e. The predicted molar refractivity (Wildman–Crippen MR) is 139 cm³/mol. The summed E-state index contributed by atoms with van der Waals surface area (Å²) in [4.78, 5) is 38.4. The Hall–Kier alpha value is -3.61. The number of nitrogens with zero attached hydrogens (tertiary/aromatic N) is 1. The normalized spacial score (nSPS) is 16.8. The van der Waals surface area contributed by atoms with Crippen molar-refractivity contribution < 1.29 is 14.1 Å². The minimum atomic E-state index is -0.285. The van der Waals surface area contributed by atoms with Crippen LogP contribution in [0.2, 0.25) is 0 Å². The lowest BCUT2D eigenvalue weighted by atomic mass is 9.84. The molecule has 36 heavy (non-hydrogen) atoms. The summed E-state index contributed by atoms with van der Waals surface area (Å²) in [5.74, 6) is 0.833. The van der Waals surface area contributed by atoms with Crippen LogP contribution in [0.4, 0.5) is 0 Å². The van der Waals surface area contributed by atoms with Crippen LogP contribution in [-0.2, 0) is 11.2 Å². The van der Waals surface area contributed by atoms with Crippen molar-refractivity contribution in [3.8, 4) is 0 Å². The molecule has 190 valence electrons. The van der Waals surface area contributed by atoms with Gasteiger partial charge in [0.05, 0.1) is 0 Å². The lowest BCUT2D eigenvalue weighted by molar-refractivity contribution is -0.132. The fourth-order valence-electron chi connectivity index (χ4n) is 4.68. The van der Waals surface area contributed by atoms with E-state index >= 15 is 0 Å². The molecule has 2 aromatic rings. The Morgan fingerprint density at radius 1 is 1.14 bits per heavy atom. The minimum absolute atomic E-state index is 0.0796. The van der Waals surface area contributed by atoms with Gasteiger partial charge in [0.15, 0.2) is 0 Å². The molecular formula is C29H35N3O4. The molecule has 2 heterocycles. The summed E-state index contributed by atoms with van der Waals surface area (Å²) in [6.07, 6.45) is 11.5. The number of nitrogens with one attached hydrogen (secondary N) is 2. The van der Waals surface area contributed by atoms with Gasteiger partial charge in [0.25, 0.3) is 11.5 Å². The van der Waals surface area contributed by atoms with Crippen LogP contribution in [-0.4, -0.2) is 35.0 Å². The zero-order chi connectivity index (χ0) is 25.7. The third-order valence-electron chi connectivity index (χ3n) is 6.99. The molecule has 0 unspecified atom stereocenters. The summed E-state index contributed by atoms with van der Waals surface area (Å²) in [6, 6.07) is 9.20. The van der Waals surface area contributed by atoms with Crippen LogP contribution >= 0.6 is 0 Å². The van der Waals surface area contributed by atoms with Crippen LogP contribution in [0.1, 0.15) is 74.1 Å². The molecule has 7 nitrogen and oxygen atoms in total. The largest absolute Gasteiger partial charge is 0.384 e. The molecule has 2 N–H and O–H groups in total. The third-order valence-corrected chi connectivity index (χ3v) is 6.99. The van der Waals surface area contributed by atoms with Crippen molar-refractivity contribution in [3.63, 3.8) is 0 Å². The molecule has 0 saturated carbocycles. The fraction of sp³-hybridized carbons (Fsp3) is 0.414. The van der Waals surface area contributed by atoms with Gasteiger partial charge in [-0.2, -0.15) is 5.16 Å². The number of H-pyrrole nitrogens is 1. The van der Waals surface area contributed by atoms with Crippen molar-refractivity contribution in [2.45, 2.75) is 58.8 Å². The summed E-state index contributed by atoms with van der Waals surface area (Å²) in [5.41, 5.74) is 3.78. The molecular weight excluding hydrogens is 454 g/mol. The van der Waals surface area contributed by atoms with Crippen molar-refractivity contribution in [2.75, 3.05) is 13.1 Å². The van der Waals surface area contributed by atoms with E-state index in [0.29, 0.717) is 43.2 Å². The SMILES string of the molecule is CC(C)(C)C1=CC=CC(NC(=O)c2ccc(C3CCN(C(=O)CCc4cc(=O)[nH]o4)CC3)cc2)=CC1. The Kier molecular flexibility index (Phi) is 7.77. The van der Waals surface area contributed by atoms with E-state index in [1.165, 1.54) is 17.2 Å². The highest BCUT2D eigenvalue weighted by Gasteiger charge is 2.24. The van der Waals surface area contributed by atoms with Gasteiger partial charge in [-0.3, -0.25) is 14.4 Å². The number of rotatable bonds is 6. The van der Waals surface area contributed by atoms with Gasteiger partial charge in [0.1, 0.15) is 5.76 Å². The number of carbonyl (C=O) groups is 2. The zero-order valence-electron chi connectivity index (χ0n) is 21.3. The number of benzene rings is 1. The van der Waals surface area contributed by atoms with Gasteiger partial charge in [0.2, 0.25) is 5.91 Å². The van der Waals surface area contributed by atoms with Crippen LogP contribution in [0.3, 0.4) is 0 Å². The molecule has 0 atom stereocenters. The number of aromatic amines is 1. The van der Waals surface area contributed by atoms with E-state index in [2.05, 4.69) is 43.4 Å². The first-order valence-electron chi connectivity index (χ1n) is 12.6. The predicted octanol–water partition coefficient (Wildman–Crippen LogP) is 4.85. The van der Waals surface area contributed by atoms with E-state index in [-0.39, 0.29) is 22.8 Å². The lowest BCUT2D eigenvalue weighted by Crippen LogP contribution is -2.38. The Balaban J connectivity index is 1.26. The summed E-state index contributed by atoms with van der Waals surface area (Å²) in [5, 5.41) is 5.27. The number of piperidine rings is 1. The van der Waals surface area contributed by atoms with Crippen LogP contribution in [0.5, 0.6) is 0 Å². The second-order valence-corrected chi connectivity index (χ2v) is 10.6. The molecule has 0 bridgehead atoms. The van der Waals surface area contributed by atoms with Gasteiger partial charge in [-0.05, 0) is 54.4 Å². The number of aromatic nitrogens is 1. The monoisotopic (exact) mass is 489 g/mol. The highest BCUT2D eigenvalue weighted by molar-refractivity contribution is 5.95. The molecule has 1 aliphatic carbocycles. The molecule has 1 saturated heterocycles. The van der Waals surface area contributed by atoms with Crippen molar-refractivity contribution in [3.05, 3.63) is 93.1 Å². The van der Waals surface area contributed by atoms with Crippen molar-refractivity contribution in [2.24, 2.45) is 5.41 Å². The maximum absolute atomic E-state index is 12.8. The quantitative estimate of drug-likeness (QED) is 0.606. The molecule has 0 radical (unpaired) electrons. The number of likely N-dealkylation sites (tertiary alicyclic amines) is 1. The van der Waals surface area contributed by atoms with E-state index in [1.54, 1.807) is 0 Å². The summed E-state index contributed by atoms with van der Waals surface area (Å²) < 4.78 is 5.02. The molecule has 4 rings (SSSR count). The topological polar surface area (TPSA) is 95.4 Å². The smallest absolute Gasteiger partial charge is 0.280 e. The Bertz CT molecular complexity index is 1230. The Morgan fingerprint density at radius 3 is 2.50 bits per heavy atom. The van der Waals surface area contributed by atoms with Crippen LogP contribution in [0.15, 0.2) is 75.2 Å². The number of hydrogen-bond donors (Lipinski definition) is 2. The molecule has 0 spiro atoms. The molecule has 2 aliphatic rings. The first-order chi connectivity index (χ1) is 17.2. The van der Waals surface area contributed by atoms with Crippen LogP contribution in [0, 0.1) is 5.41 Å². The average molecular weight is 490 g/mol. The van der Waals surface area contributed by atoms with Crippen LogP contribution in [0.25, 0.3) is 0 Å². The van der Waals surface area contributed by atoms with Gasteiger partial charge in [-0.15, -0.1) is 0 Å². The molecule has 2 amide bonds. The Morgan fingerprint density at radius 2 is 1.86 bits per heavy atom. The summed E-state index contributed by atoms with van der Waals surface area (Å²) >= 11 is 0. The molecule has 1 aromatic heterocycles. The van der Waals surface area contributed by atoms with Gasteiger partial charge < -0.3 is 14.7 Å². The van der Waals surface area contributed by atoms with Gasteiger partial charge in [-0.1, -0.05) is 56.7 Å². The third kappa shape index (κ3) is 6.53. The zero-order valence-corrected chi connectivity index (χ0v) is 21.3. The van der Waals surface area contributed by atoms with Crippen molar-refractivity contribution in [1.82, 2.24) is 15.4 Å². The molecule has 1 aromatic carbocycles. The van der Waals surface area contributed by atoms with Crippen molar-refractivity contribution in [1.29, 1.82) is 0 Å². The highest BCUT2D eigenvalue weighted by atomic mass is 16.5. The summed E-state index contributed by atoms with van der Waals surface area (Å²) in [7, 11) is 0. The van der Waals surface area contributed by atoms with Crippen molar-refractivity contribution >= 4 is 11.8 Å². The second kappa shape index (κ2) is 11.0. The molecule has 1 fully saturated rings. The maximum atomic E-state index is 12.8. The average Bonchev–Trinajstić information content (AvgIpc) is 3.13. The van der Waals surface area contributed by atoms with Gasteiger partial charge >= 0.3 is 0 Å². The first-order valence-corrected chi connectivity index (χ1v) is 12.6. The van der Waals surface area contributed by atoms with Gasteiger partial charge in [0, 0.05) is 43.3 Å². The highest BCUT2D eigenvalue weighted by Crippen LogP contribution is 2.30. The number of aryl methyl sites for hydroxylation is 1. The van der Waals surface area contributed by atoms with Gasteiger partial charge in [-0.25, -0.2) is 0 Å². The van der Waals surface area contributed by atoms with E-state index in [4.69, 9.17) is 4.52 Å². The second-order valence-electron chi connectivity index (χ2n) is 10.6. The number of carbonyl (C=O) groups excluding carboxylic acids is 2. The fourth-order valence-corrected chi connectivity index (χ4v) is 4.68. The standard InChI is InChI=1S/C29H35N3O4/c1-29(2,3)23-5-4-6-24(12-11-23)30-28(35)22-9-7-20(8-10-22)21-15-17-32(18-16-21)27(34)14-13-25-19-26(33)31-36-25/h4-10,12,19,21H,11,13-18H2,1-3H3,(H,30,35)(H,31,33). The van der Waals surface area contributed by atoms with Crippen LogP contribution < -0.4 is 10.9 Å². The first kappa shape index (κ1) is 25.5. The molecule has 1 aliphatic heterocycles. The number of allylic oxidation sites excluding steroid dienone is 5. The number of amides is 2. The van der Waals surface area contributed by atoms with E-state index in [1.807, 2.05) is 41.3 Å². The van der Waals surface area contributed by atoms with E-state index < -0.39 is 0 Å². The molecule has 7 heteroatoms. The summed E-state index contributed by atoms with van der Waals surface area (Å²) in [6.45, 7) is 7.99. The Labute approximate surface area is 211 Å². The number of hydrogen-bond acceptors (Lipinski definition) is 4. The maximum Gasteiger partial charge on any atom is 0.280 e. The van der Waals surface area contributed by atoms with E-state index in [0.717, 1.165) is 25.0 Å².